The lowest BCUT2D eigenvalue weighted by Crippen LogP contribution is -2.46. The van der Waals surface area contributed by atoms with Crippen LogP contribution in [0.3, 0.4) is 0 Å². The highest BCUT2D eigenvalue weighted by Gasteiger charge is 2.35. The van der Waals surface area contributed by atoms with E-state index in [9.17, 15) is 27.5 Å². The van der Waals surface area contributed by atoms with Gasteiger partial charge in [-0.05, 0) is 39.8 Å². The Morgan fingerprint density at radius 1 is 1.03 bits per heavy atom. The van der Waals surface area contributed by atoms with E-state index in [1.807, 2.05) is 0 Å². The van der Waals surface area contributed by atoms with Gasteiger partial charge in [-0.1, -0.05) is 0 Å². The summed E-state index contributed by atoms with van der Waals surface area (Å²) < 4.78 is 57.2. The number of hydrogen-bond acceptors (Lipinski definition) is 2. The second-order valence-electron chi connectivity index (χ2n) is 7.69. The van der Waals surface area contributed by atoms with Gasteiger partial charge in [0.25, 0.3) is 0 Å². The summed E-state index contributed by atoms with van der Waals surface area (Å²) in [6.07, 6.45) is -1.26. The Balaban J connectivity index is 2.37. The number of hydrogen-bond donors (Lipinski definition) is 1. The standard InChI is InChI=1S/C20H19F4N3O2/c1-10(27(19(28)29)20(2,3)4)18-25-17-15(24)8-13(23)9-16(17)26(18)14-6-11(21)5-12(22)7-14/h5-10H,1-4H3,(H,28,29). The molecule has 0 aliphatic rings. The van der Waals surface area contributed by atoms with Gasteiger partial charge in [-0.2, -0.15) is 0 Å². The molecule has 5 nitrogen and oxygen atoms in total. The van der Waals surface area contributed by atoms with Crippen molar-refractivity contribution in [2.24, 2.45) is 0 Å². The van der Waals surface area contributed by atoms with Crippen LogP contribution in [0.2, 0.25) is 0 Å². The first kappa shape index (κ1) is 20.6. The first-order valence-electron chi connectivity index (χ1n) is 8.76. The fraction of sp³-hybridized carbons (Fsp3) is 0.300. The van der Waals surface area contributed by atoms with Crippen LogP contribution < -0.4 is 0 Å². The summed E-state index contributed by atoms with van der Waals surface area (Å²) in [4.78, 5) is 17.1. The fourth-order valence-electron chi connectivity index (χ4n) is 3.49. The summed E-state index contributed by atoms with van der Waals surface area (Å²) in [5.41, 5.74) is -1.26. The minimum atomic E-state index is -1.26. The Bertz CT molecular complexity index is 1090. The maximum atomic E-state index is 14.4. The zero-order valence-corrected chi connectivity index (χ0v) is 16.2. The highest BCUT2D eigenvalue weighted by atomic mass is 19.1. The first-order chi connectivity index (χ1) is 13.4. The van der Waals surface area contributed by atoms with Gasteiger partial charge in [0.1, 0.15) is 28.8 Å². The van der Waals surface area contributed by atoms with Crippen LogP contribution in [0.25, 0.3) is 16.7 Å². The van der Waals surface area contributed by atoms with Crippen molar-refractivity contribution in [3.05, 3.63) is 59.4 Å². The number of carbonyl (C=O) groups is 1. The normalized spacial score (nSPS) is 13.0. The summed E-state index contributed by atoms with van der Waals surface area (Å²) in [6.45, 7) is 6.49. The largest absolute Gasteiger partial charge is 0.465 e. The molecular weight excluding hydrogens is 390 g/mol. The van der Waals surface area contributed by atoms with Crippen LogP contribution in [0.15, 0.2) is 30.3 Å². The number of aromatic nitrogens is 2. The van der Waals surface area contributed by atoms with Gasteiger partial charge in [0.05, 0.1) is 17.2 Å². The maximum absolute atomic E-state index is 14.4. The van der Waals surface area contributed by atoms with Gasteiger partial charge in [0.15, 0.2) is 5.82 Å². The molecular formula is C20H19F4N3O2. The van der Waals surface area contributed by atoms with Crippen LogP contribution in [-0.2, 0) is 0 Å². The van der Waals surface area contributed by atoms with Crippen molar-refractivity contribution >= 4 is 17.1 Å². The predicted octanol–water partition coefficient (Wildman–Crippen LogP) is 5.42. The van der Waals surface area contributed by atoms with Gasteiger partial charge in [-0.15, -0.1) is 0 Å². The van der Waals surface area contributed by atoms with Crippen molar-refractivity contribution in [2.45, 2.75) is 39.3 Å². The number of halogens is 4. The average molecular weight is 409 g/mol. The van der Waals surface area contributed by atoms with E-state index in [1.165, 1.54) is 11.5 Å². The van der Waals surface area contributed by atoms with E-state index in [1.54, 1.807) is 20.8 Å². The highest BCUT2D eigenvalue weighted by Crippen LogP contribution is 2.33. The molecule has 0 spiro atoms. The van der Waals surface area contributed by atoms with Crippen LogP contribution >= 0.6 is 0 Å². The van der Waals surface area contributed by atoms with E-state index in [4.69, 9.17) is 0 Å². The summed E-state index contributed by atoms with van der Waals surface area (Å²) in [5, 5.41) is 9.70. The summed E-state index contributed by atoms with van der Waals surface area (Å²) in [5.74, 6) is -3.68. The molecule has 2 aromatic carbocycles. The molecule has 29 heavy (non-hydrogen) atoms. The number of nitrogens with zero attached hydrogens (tertiary/aromatic N) is 3. The number of fused-ring (bicyclic) bond motifs is 1. The minimum Gasteiger partial charge on any atom is -0.465 e. The molecule has 1 unspecified atom stereocenters. The Hall–Kier alpha value is -3.10. The van der Waals surface area contributed by atoms with Crippen molar-refractivity contribution in [3.63, 3.8) is 0 Å². The van der Waals surface area contributed by atoms with Gasteiger partial charge in [-0.3, -0.25) is 9.47 Å². The Morgan fingerprint density at radius 3 is 2.10 bits per heavy atom. The molecule has 1 aromatic heterocycles. The van der Waals surface area contributed by atoms with Gasteiger partial charge in [0.2, 0.25) is 0 Å². The smallest absolute Gasteiger partial charge is 0.408 e. The van der Waals surface area contributed by atoms with E-state index in [-0.39, 0.29) is 22.5 Å². The quantitative estimate of drug-likeness (QED) is 0.588. The Labute approximate surface area is 164 Å². The lowest BCUT2D eigenvalue weighted by Gasteiger charge is -2.37. The first-order valence-corrected chi connectivity index (χ1v) is 8.76. The van der Waals surface area contributed by atoms with Crippen molar-refractivity contribution in [3.8, 4) is 5.69 Å². The Morgan fingerprint density at radius 2 is 1.59 bits per heavy atom. The molecule has 1 heterocycles. The summed E-state index contributed by atoms with van der Waals surface area (Å²) >= 11 is 0. The molecule has 1 N–H and O–H groups in total. The fourth-order valence-corrected chi connectivity index (χ4v) is 3.49. The SMILES string of the molecule is CC(c1nc2c(F)cc(F)cc2n1-c1cc(F)cc(F)c1)N(C(=O)O)C(C)(C)C. The molecule has 154 valence electrons. The number of carboxylic acid groups (broad SMARTS) is 1. The third-order valence-corrected chi connectivity index (χ3v) is 4.50. The minimum absolute atomic E-state index is 0.00757. The van der Waals surface area contributed by atoms with Crippen molar-refractivity contribution in [1.82, 2.24) is 14.5 Å². The van der Waals surface area contributed by atoms with Gasteiger partial charge in [0, 0.05) is 23.7 Å². The third-order valence-electron chi connectivity index (χ3n) is 4.50. The van der Waals surface area contributed by atoms with Gasteiger partial charge in [-0.25, -0.2) is 27.3 Å². The van der Waals surface area contributed by atoms with Gasteiger partial charge < -0.3 is 5.11 Å². The van der Waals surface area contributed by atoms with Crippen molar-refractivity contribution in [2.75, 3.05) is 0 Å². The van der Waals surface area contributed by atoms with Crippen LogP contribution in [-0.4, -0.2) is 31.2 Å². The van der Waals surface area contributed by atoms with Crippen LogP contribution in [0.4, 0.5) is 22.4 Å². The van der Waals surface area contributed by atoms with E-state index < -0.39 is 40.9 Å². The van der Waals surface area contributed by atoms with Crippen LogP contribution in [0.5, 0.6) is 0 Å². The number of benzene rings is 2. The second-order valence-corrected chi connectivity index (χ2v) is 7.69. The lowest BCUT2D eigenvalue weighted by atomic mass is 10.0. The number of amides is 1. The zero-order chi connectivity index (χ0) is 21.7. The molecule has 1 atom stereocenters. The molecule has 0 fully saturated rings. The van der Waals surface area contributed by atoms with Gasteiger partial charge >= 0.3 is 6.09 Å². The third kappa shape index (κ3) is 3.76. The highest BCUT2D eigenvalue weighted by molar-refractivity contribution is 5.79. The molecule has 0 bridgehead atoms. The molecule has 3 rings (SSSR count). The molecule has 0 aliphatic carbocycles. The molecule has 0 saturated carbocycles. The molecule has 0 aliphatic heterocycles. The summed E-state index contributed by atoms with van der Waals surface area (Å²) in [7, 11) is 0. The number of imidazole rings is 1. The van der Waals surface area contributed by atoms with E-state index >= 15 is 0 Å². The van der Waals surface area contributed by atoms with Crippen LogP contribution in [0.1, 0.15) is 39.6 Å². The lowest BCUT2D eigenvalue weighted by molar-refractivity contribution is 0.0723. The van der Waals surface area contributed by atoms with E-state index in [0.29, 0.717) is 12.1 Å². The molecule has 0 saturated heterocycles. The molecule has 3 aromatic rings. The maximum Gasteiger partial charge on any atom is 0.408 e. The monoisotopic (exact) mass is 409 g/mol. The average Bonchev–Trinajstić information content (AvgIpc) is 2.91. The molecule has 1 amide bonds. The summed E-state index contributed by atoms with van der Waals surface area (Å²) in [6, 6.07) is 3.28. The second kappa shape index (κ2) is 7.06. The van der Waals surface area contributed by atoms with Crippen molar-refractivity contribution < 1.29 is 27.5 Å². The van der Waals surface area contributed by atoms with E-state index in [2.05, 4.69) is 4.98 Å². The molecule has 9 heteroatoms. The topological polar surface area (TPSA) is 58.4 Å². The zero-order valence-electron chi connectivity index (χ0n) is 16.2. The molecule has 0 radical (unpaired) electrons. The Kier molecular flexibility index (Phi) is 5.02. The predicted molar refractivity (Wildman–Crippen MR) is 98.9 cm³/mol. The van der Waals surface area contributed by atoms with Crippen LogP contribution in [0, 0.1) is 23.3 Å². The number of rotatable bonds is 3. The van der Waals surface area contributed by atoms with E-state index in [0.717, 1.165) is 23.1 Å². The van der Waals surface area contributed by atoms with Crippen molar-refractivity contribution in [1.29, 1.82) is 0 Å².